The maximum atomic E-state index is 11.4. The van der Waals surface area contributed by atoms with E-state index >= 15 is 0 Å². The van der Waals surface area contributed by atoms with Crippen LogP contribution in [0.25, 0.3) is 0 Å². The minimum Gasteiger partial charge on any atom is -0.299 e. The van der Waals surface area contributed by atoms with Crippen molar-refractivity contribution in [2.45, 2.75) is 20.3 Å². The molecule has 0 aliphatic rings. The van der Waals surface area contributed by atoms with Crippen molar-refractivity contribution in [1.29, 1.82) is 0 Å². The predicted molar refractivity (Wildman–Crippen MR) is 53.1 cm³/mol. The molecule has 0 N–H and O–H groups in total. The zero-order valence-electron chi connectivity index (χ0n) is 7.74. The SMILES string of the molecule is CC(C)C(=O)CC(=O)c1cccs1. The molecule has 0 fully saturated rings. The fourth-order valence-corrected chi connectivity index (χ4v) is 1.55. The fraction of sp³-hybridized carbons (Fsp3) is 0.400. The Morgan fingerprint density at radius 2 is 2.15 bits per heavy atom. The lowest BCUT2D eigenvalue weighted by Crippen LogP contribution is -2.12. The van der Waals surface area contributed by atoms with Crippen LogP contribution in [0.2, 0.25) is 0 Å². The summed E-state index contributed by atoms with van der Waals surface area (Å²) in [5, 5.41) is 1.84. The molecule has 13 heavy (non-hydrogen) atoms. The van der Waals surface area contributed by atoms with E-state index in [1.165, 1.54) is 11.3 Å². The second-order valence-corrected chi connectivity index (χ2v) is 4.15. The quantitative estimate of drug-likeness (QED) is 0.548. The Morgan fingerprint density at radius 3 is 2.62 bits per heavy atom. The van der Waals surface area contributed by atoms with Gasteiger partial charge in [-0.2, -0.15) is 0 Å². The topological polar surface area (TPSA) is 34.1 Å². The lowest BCUT2D eigenvalue weighted by molar-refractivity contribution is -0.121. The second-order valence-electron chi connectivity index (χ2n) is 3.20. The number of rotatable bonds is 4. The Labute approximate surface area is 81.6 Å². The summed E-state index contributed by atoms with van der Waals surface area (Å²) in [4.78, 5) is 23.3. The molecule has 0 saturated carbocycles. The van der Waals surface area contributed by atoms with Crippen LogP contribution in [0.1, 0.15) is 29.9 Å². The van der Waals surface area contributed by atoms with Gasteiger partial charge in [0.25, 0.3) is 0 Å². The standard InChI is InChI=1S/C10H12O2S/c1-7(2)8(11)6-9(12)10-4-3-5-13-10/h3-5,7H,6H2,1-2H3. The minimum atomic E-state index is -0.0614. The first-order chi connectivity index (χ1) is 6.11. The number of thiophene rings is 1. The van der Waals surface area contributed by atoms with Crippen molar-refractivity contribution in [3.63, 3.8) is 0 Å². The molecule has 1 aromatic heterocycles. The summed E-state index contributed by atoms with van der Waals surface area (Å²) in [6.45, 7) is 3.62. The molecule has 0 aliphatic heterocycles. The Hall–Kier alpha value is -0.960. The second kappa shape index (κ2) is 4.33. The van der Waals surface area contributed by atoms with Gasteiger partial charge in [0.2, 0.25) is 0 Å². The number of carbonyl (C=O) groups is 2. The van der Waals surface area contributed by atoms with Gasteiger partial charge in [-0.1, -0.05) is 19.9 Å². The van der Waals surface area contributed by atoms with Gasteiger partial charge in [0.1, 0.15) is 5.78 Å². The summed E-state index contributed by atoms with van der Waals surface area (Å²) in [5.41, 5.74) is 0. The minimum absolute atomic E-state index is 0.0124. The summed E-state index contributed by atoms with van der Waals surface area (Å²) < 4.78 is 0. The van der Waals surface area contributed by atoms with E-state index in [-0.39, 0.29) is 23.9 Å². The molecule has 0 aromatic carbocycles. The van der Waals surface area contributed by atoms with Crippen molar-refractivity contribution >= 4 is 22.9 Å². The zero-order chi connectivity index (χ0) is 9.84. The van der Waals surface area contributed by atoms with Crippen LogP contribution in [-0.4, -0.2) is 11.6 Å². The first kappa shape index (κ1) is 10.1. The van der Waals surface area contributed by atoms with Gasteiger partial charge in [0.15, 0.2) is 5.78 Å². The molecule has 0 amide bonds. The summed E-state index contributed by atoms with van der Waals surface area (Å²) in [6, 6.07) is 3.57. The highest BCUT2D eigenvalue weighted by molar-refractivity contribution is 7.12. The van der Waals surface area contributed by atoms with Gasteiger partial charge >= 0.3 is 0 Å². The van der Waals surface area contributed by atoms with Gasteiger partial charge in [-0.3, -0.25) is 9.59 Å². The summed E-state index contributed by atoms with van der Waals surface area (Å²) in [6.07, 6.45) is 0.0399. The number of hydrogen-bond donors (Lipinski definition) is 0. The molecule has 0 radical (unpaired) electrons. The van der Waals surface area contributed by atoms with E-state index in [1.54, 1.807) is 6.07 Å². The summed E-state index contributed by atoms with van der Waals surface area (Å²) in [5.74, 6) is -0.101. The Kier molecular flexibility index (Phi) is 3.37. The largest absolute Gasteiger partial charge is 0.299 e. The molecule has 3 heteroatoms. The van der Waals surface area contributed by atoms with Crippen LogP contribution in [-0.2, 0) is 4.79 Å². The Balaban J connectivity index is 2.57. The van der Waals surface area contributed by atoms with E-state index in [0.717, 1.165) is 0 Å². The van der Waals surface area contributed by atoms with Crippen LogP contribution in [0.5, 0.6) is 0 Å². The molecule has 0 bridgehead atoms. The highest BCUT2D eigenvalue weighted by atomic mass is 32.1. The van der Waals surface area contributed by atoms with Crippen molar-refractivity contribution in [2.24, 2.45) is 5.92 Å². The van der Waals surface area contributed by atoms with Crippen LogP contribution in [0.15, 0.2) is 17.5 Å². The van der Waals surface area contributed by atoms with Crippen molar-refractivity contribution in [1.82, 2.24) is 0 Å². The van der Waals surface area contributed by atoms with Gasteiger partial charge in [-0.25, -0.2) is 0 Å². The zero-order valence-corrected chi connectivity index (χ0v) is 8.56. The van der Waals surface area contributed by atoms with Gasteiger partial charge in [-0.15, -0.1) is 11.3 Å². The lowest BCUT2D eigenvalue weighted by atomic mass is 10.0. The molecule has 1 rings (SSSR count). The fourth-order valence-electron chi connectivity index (χ4n) is 0.887. The molecule has 2 nitrogen and oxygen atoms in total. The molecule has 0 aliphatic carbocycles. The molecular formula is C10H12O2S. The van der Waals surface area contributed by atoms with Gasteiger partial charge < -0.3 is 0 Å². The molecule has 0 atom stereocenters. The number of carbonyl (C=O) groups excluding carboxylic acids is 2. The summed E-state index contributed by atoms with van der Waals surface area (Å²) >= 11 is 1.38. The van der Waals surface area contributed by atoms with Gasteiger partial charge in [0.05, 0.1) is 11.3 Å². The first-order valence-corrected chi connectivity index (χ1v) is 5.08. The average Bonchev–Trinajstić information content (AvgIpc) is 2.55. The third kappa shape index (κ3) is 2.77. The highest BCUT2D eigenvalue weighted by Crippen LogP contribution is 2.12. The van der Waals surface area contributed by atoms with E-state index < -0.39 is 0 Å². The molecule has 0 saturated heterocycles. The van der Waals surface area contributed by atoms with Crippen molar-refractivity contribution < 1.29 is 9.59 Å². The highest BCUT2D eigenvalue weighted by Gasteiger charge is 2.14. The van der Waals surface area contributed by atoms with Crippen LogP contribution >= 0.6 is 11.3 Å². The normalized spacial score (nSPS) is 10.4. The monoisotopic (exact) mass is 196 g/mol. The summed E-state index contributed by atoms with van der Waals surface area (Å²) in [7, 11) is 0. The average molecular weight is 196 g/mol. The van der Waals surface area contributed by atoms with E-state index in [4.69, 9.17) is 0 Å². The number of Topliss-reactive ketones (excluding diaryl/α,β-unsaturated/α-hetero) is 2. The smallest absolute Gasteiger partial charge is 0.180 e. The third-order valence-corrected chi connectivity index (χ3v) is 2.69. The van der Waals surface area contributed by atoms with Crippen LogP contribution < -0.4 is 0 Å². The molecular weight excluding hydrogens is 184 g/mol. The van der Waals surface area contributed by atoms with E-state index in [1.807, 2.05) is 25.3 Å². The van der Waals surface area contributed by atoms with E-state index in [9.17, 15) is 9.59 Å². The molecule has 1 heterocycles. The van der Waals surface area contributed by atoms with Crippen LogP contribution in [0.4, 0.5) is 0 Å². The molecule has 1 aromatic rings. The predicted octanol–water partition coefficient (Wildman–Crippen LogP) is 2.55. The molecule has 0 spiro atoms. The van der Waals surface area contributed by atoms with Crippen molar-refractivity contribution in [2.75, 3.05) is 0 Å². The van der Waals surface area contributed by atoms with E-state index in [0.29, 0.717) is 4.88 Å². The van der Waals surface area contributed by atoms with Gasteiger partial charge in [0, 0.05) is 5.92 Å². The number of ketones is 2. The van der Waals surface area contributed by atoms with Crippen molar-refractivity contribution in [3.8, 4) is 0 Å². The first-order valence-electron chi connectivity index (χ1n) is 4.20. The molecule has 70 valence electrons. The van der Waals surface area contributed by atoms with Crippen molar-refractivity contribution in [3.05, 3.63) is 22.4 Å². The Morgan fingerprint density at radius 1 is 1.46 bits per heavy atom. The maximum absolute atomic E-state index is 11.4. The molecule has 0 unspecified atom stereocenters. The number of hydrogen-bond acceptors (Lipinski definition) is 3. The van der Waals surface area contributed by atoms with Crippen LogP contribution in [0.3, 0.4) is 0 Å². The Bertz CT molecular complexity index is 299. The lowest BCUT2D eigenvalue weighted by Gasteiger charge is -2.00. The maximum Gasteiger partial charge on any atom is 0.180 e. The third-order valence-electron chi connectivity index (χ3n) is 1.77. The van der Waals surface area contributed by atoms with Gasteiger partial charge in [-0.05, 0) is 11.4 Å². The van der Waals surface area contributed by atoms with Crippen LogP contribution in [0, 0.1) is 5.92 Å². The van der Waals surface area contributed by atoms with E-state index in [2.05, 4.69) is 0 Å².